The molecule has 0 bridgehead atoms. The summed E-state index contributed by atoms with van der Waals surface area (Å²) in [4.78, 5) is 27.2. The minimum atomic E-state index is -4.48. The van der Waals surface area contributed by atoms with Crippen LogP contribution in [-0.4, -0.2) is 47.7 Å². The van der Waals surface area contributed by atoms with Gasteiger partial charge in [-0.25, -0.2) is 5.10 Å². The number of carbonyl (C=O) groups is 1. The van der Waals surface area contributed by atoms with Crippen LogP contribution in [0.15, 0.2) is 29.2 Å². The Hall–Kier alpha value is -2.75. The molecule has 2 aromatic rings. The lowest BCUT2D eigenvalue weighted by atomic mass is 10.1. The summed E-state index contributed by atoms with van der Waals surface area (Å²) in [6.07, 6.45) is -3.11. The van der Waals surface area contributed by atoms with Gasteiger partial charge in [-0.15, -0.1) is 0 Å². The molecule has 0 spiro atoms. The Morgan fingerprint density at radius 3 is 2.68 bits per heavy atom. The molecule has 0 atom stereocenters. The third-order valence-corrected chi connectivity index (χ3v) is 4.78. The summed E-state index contributed by atoms with van der Waals surface area (Å²) in [6, 6.07) is 3.18. The standard InChI is InChI=1S/C17H16ClF3N4O3/c1-28-13-6-11(17(19,20)21)3-2-10(13)8-25-5-4-24(9-14(25)26)12-7-22-23-16(27)15(12)18/h2-3,6-7H,4-5,8-9H2,1H3,(H,23,27). The van der Waals surface area contributed by atoms with E-state index in [-0.39, 0.29) is 29.8 Å². The molecule has 0 aliphatic carbocycles. The number of piperazine rings is 1. The number of nitrogens with zero attached hydrogens (tertiary/aromatic N) is 3. The number of methoxy groups -OCH3 is 1. The highest BCUT2D eigenvalue weighted by Crippen LogP contribution is 2.33. The first-order valence-corrected chi connectivity index (χ1v) is 8.58. The van der Waals surface area contributed by atoms with Crippen LogP contribution in [0, 0.1) is 0 Å². The molecular weight excluding hydrogens is 401 g/mol. The number of hydrogen-bond donors (Lipinski definition) is 1. The number of aromatic nitrogens is 2. The van der Waals surface area contributed by atoms with Crippen molar-refractivity contribution in [3.05, 3.63) is 50.9 Å². The van der Waals surface area contributed by atoms with E-state index in [1.165, 1.54) is 24.3 Å². The lowest BCUT2D eigenvalue weighted by molar-refractivity contribution is -0.137. The Kier molecular flexibility index (Phi) is 5.50. The Labute approximate surface area is 162 Å². The maximum atomic E-state index is 12.9. The number of nitrogens with one attached hydrogen (secondary N) is 1. The molecule has 1 aliphatic heterocycles. The number of hydrogen-bond acceptors (Lipinski definition) is 5. The van der Waals surface area contributed by atoms with E-state index >= 15 is 0 Å². The second-order valence-electron chi connectivity index (χ2n) is 6.16. The molecule has 1 amide bonds. The van der Waals surface area contributed by atoms with Gasteiger partial charge in [-0.3, -0.25) is 9.59 Å². The first-order valence-electron chi connectivity index (χ1n) is 8.20. The minimum absolute atomic E-state index is 0.0339. The molecule has 1 aromatic carbocycles. The third kappa shape index (κ3) is 4.06. The summed E-state index contributed by atoms with van der Waals surface area (Å²) in [5.41, 5.74) is -0.553. The molecular formula is C17H16ClF3N4O3. The zero-order chi connectivity index (χ0) is 20.5. The number of rotatable bonds is 4. The maximum absolute atomic E-state index is 12.9. The number of aromatic amines is 1. The fraction of sp³-hybridized carbons (Fsp3) is 0.353. The van der Waals surface area contributed by atoms with Crippen LogP contribution >= 0.6 is 11.6 Å². The van der Waals surface area contributed by atoms with Crippen LogP contribution in [0.2, 0.25) is 5.02 Å². The molecule has 1 saturated heterocycles. The maximum Gasteiger partial charge on any atom is 0.416 e. The van der Waals surface area contributed by atoms with E-state index in [2.05, 4.69) is 10.2 Å². The lowest BCUT2D eigenvalue weighted by Crippen LogP contribution is -2.50. The third-order valence-electron chi connectivity index (χ3n) is 4.41. The van der Waals surface area contributed by atoms with Gasteiger partial charge in [0.2, 0.25) is 5.91 Å². The smallest absolute Gasteiger partial charge is 0.416 e. The fourth-order valence-corrected chi connectivity index (χ4v) is 3.14. The normalized spacial score (nSPS) is 15.1. The molecule has 7 nitrogen and oxygen atoms in total. The number of H-pyrrole nitrogens is 1. The number of alkyl halides is 3. The monoisotopic (exact) mass is 416 g/mol. The van der Waals surface area contributed by atoms with Gasteiger partial charge in [0.1, 0.15) is 10.8 Å². The predicted octanol–water partition coefficient (Wildman–Crippen LogP) is 2.30. The van der Waals surface area contributed by atoms with Gasteiger partial charge in [0, 0.05) is 25.2 Å². The first-order chi connectivity index (χ1) is 13.2. The highest BCUT2D eigenvalue weighted by Gasteiger charge is 2.32. The molecule has 150 valence electrons. The fourth-order valence-electron chi connectivity index (χ4n) is 2.93. The highest BCUT2D eigenvalue weighted by atomic mass is 35.5. The second kappa shape index (κ2) is 7.70. The van der Waals surface area contributed by atoms with Crippen LogP contribution in [0.4, 0.5) is 18.9 Å². The van der Waals surface area contributed by atoms with Crippen LogP contribution in [0.5, 0.6) is 5.75 Å². The average Bonchev–Trinajstić information content (AvgIpc) is 2.65. The molecule has 3 rings (SSSR count). The molecule has 0 radical (unpaired) electrons. The van der Waals surface area contributed by atoms with Crippen LogP contribution in [0.1, 0.15) is 11.1 Å². The number of amides is 1. The van der Waals surface area contributed by atoms with Gasteiger partial charge in [-0.2, -0.15) is 18.3 Å². The zero-order valence-corrected chi connectivity index (χ0v) is 15.5. The molecule has 1 N–H and O–H groups in total. The van der Waals surface area contributed by atoms with Gasteiger partial charge in [-0.05, 0) is 12.1 Å². The van der Waals surface area contributed by atoms with E-state index in [1.54, 1.807) is 4.90 Å². The van der Waals surface area contributed by atoms with Gasteiger partial charge in [0.15, 0.2) is 0 Å². The summed E-state index contributed by atoms with van der Waals surface area (Å²) >= 11 is 5.97. The number of benzene rings is 1. The molecule has 0 saturated carbocycles. The van der Waals surface area contributed by atoms with Crippen molar-refractivity contribution in [1.29, 1.82) is 0 Å². The molecule has 1 aromatic heterocycles. The van der Waals surface area contributed by atoms with Crippen LogP contribution in [0.25, 0.3) is 0 Å². The largest absolute Gasteiger partial charge is 0.496 e. The summed E-state index contributed by atoms with van der Waals surface area (Å²) < 4.78 is 43.6. The van der Waals surface area contributed by atoms with Crippen molar-refractivity contribution >= 4 is 23.2 Å². The van der Waals surface area contributed by atoms with E-state index in [4.69, 9.17) is 16.3 Å². The Morgan fingerprint density at radius 2 is 2.04 bits per heavy atom. The summed E-state index contributed by atoms with van der Waals surface area (Å²) in [5, 5.41) is 5.84. The SMILES string of the molecule is COc1cc(C(F)(F)F)ccc1CN1CCN(c2cn[nH]c(=O)c2Cl)CC1=O. The first kappa shape index (κ1) is 20.0. The summed E-state index contributed by atoms with van der Waals surface area (Å²) in [5.74, 6) is -0.198. The minimum Gasteiger partial charge on any atom is -0.496 e. The van der Waals surface area contributed by atoms with Crippen LogP contribution in [0.3, 0.4) is 0 Å². The van der Waals surface area contributed by atoms with Crippen molar-refractivity contribution in [2.75, 3.05) is 31.6 Å². The molecule has 1 aliphatic rings. The molecule has 0 unspecified atom stereocenters. The Balaban J connectivity index is 1.74. The molecule has 2 heterocycles. The van der Waals surface area contributed by atoms with Gasteiger partial charge in [0.05, 0.1) is 31.1 Å². The zero-order valence-electron chi connectivity index (χ0n) is 14.7. The van der Waals surface area contributed by atoms with Crippen LogP contribution in [-0.2, 0) is 17.5 Å². The van der Waals surface area contributed by atoms with E-state index in [1.807, 2.05) is 0 Å². The number of carbonyl (C=O) groups excluding carboxylic acids is 1. The van der Waals surface area contributed by atoms with Crippen molar-refractivity contribution in [3.63, 3.8) is 0 Å². The quantitative estimate of drug-likeness (QED) is 0.827. The van der Waals surface area contributed by atoms with E-state index in [0.29, 0.717) is 24.3 Å². The van der Waals surface area contributed by atoms with Crippen molar-refractivity contribution in [2.24, 2.45) is 0 Å². The second-order valence-corrected chi connectivity index (χ2v) is 6.54. The van der Waals surface area contributed by atoms with E-state index in [9.17, 15) is 22.8 Å². The van der Waals surface area contributed by atoms with E-state index < -0.39 is 17.3 Å². The van der Waals surface area contributed by atoms with Gasteiger partial charge >= 0.3 is 6.18 Å². The Morgan fingerprint density at radius 1 is 1.29 bits per heavy atom. The summed E-state index contributed by atoms with van der Waals surface area (Å²) in [6.45, 7) is 0.759. The predicted molar refractivity (Wildman–Crippen MR) is 95.5 cm³/mol. The molecule has 1 fully saturated rings. The van der Waals surface area contributed by atoms with Gasteiger partial charge in [-0.1, -0.05) is 17.7 Å². The van der Waals surface area contributed by atoms with Crippen LogP contribution < -0.4 is 15.2 Å². The average molecular weight is 417 g/mol. The lowest BCUT2D eigenvalue weighted by Gasteiger charge is -2.35. The molecule has 11 heteroatoms. The van der Waals surface area contributed by atoms with E-state index in [0.717, 1.165) is 12.1 Å². The van der Waals surface area contributed by atoms with Crippen molar-refractivity contribution < 1.29 is 22.7 Å². The summed E-state index contributed by atoms with van der Waals surface area (Å²) in [7, 11) is 1.28. The topological polar surface area (TPSA) is 78.5 Å². The van der Waals surface area contributed by atoms with Crippen molar-refractivity contribution in [3.8, 4) is 5.75 Å². The number of anilines is 1. The Bertz CT molecular complexity index is 948. The highest BCUT2D eigenvalue weighted by molar-refractivity contribution is 6.33. The van der Waals surface area contributed by atoms with Gasteiger partial charge < -0.3 is 14.5 Å². The van der Waals surface area contributed by atoms with Crippen molar-refractivity contribution in [2.45, 2.75) is 12.7 Å². The number of ether oxygens (including phenoxy) is 1. The number of halogens is 4. The van der Waals surface area contributed by atoms with Crippen molar-refractivity contribution in [1.82, 2.24) is 15.1 Å². The van der Waals surface area contributed by atoms with Gasteiger partial charge in [0.25, 0.3) is 5.56 Å². The molecule has 28 heavy (non-hydrogen) atoms.